The van der Waals surface area contributed by atoms with Gasteiger partial charge in [0.15, 0.2) is 0 Å². The Morgan fingerprint density at radius 3 is 2.00 bits per heavy atom. The molecule has 2 nitrogen and oxygen atoms in total. The number of primary amides is 1. The monoisotopic (exact) mass is 195 g/mol. The zero-order valence-electron chi connectivity index (χ0n) is 8.76. The second kappa shape index (κ2) is 22.4. The van der Waals surface area contributed by atoms with Crippen LogP contribution in [-0.2, 0) is 4.79 Å². The van der Waals surface area contributed by atoms with Gasteiger partial charge in [-0.2, -0.15) is 12.6 Å². The van der Waals surface area contributed by atoms with E-state index in [-0.39, 0.29) is 7.33 Å². The molecular weight excluding hydrogens is 170 g/mol. The number of rotatable bonds is 4. The Bertz CT molecular complexity index is 82.0. The van der Waals surface area contributed by atoms with Gasteiger partial charge in [-0.15, -0.1) is 0 Å². The summed E-state index contributed by atoms with van der Waals surface area (Å²) in [5.74, 6) is -0.182. The summed E-state index contributed by atoms with van der Waals surface area (Å²) in [5, 5.41) is 0. The summed E-state index contributed by atoms with van der Waals surface area (Å²) in [6, 6.07) is 0. The second-order valence-electron chi connectivity index (χ2n) is 1.92. The molecule has 2 N–H and O–H groups in total. The molecule has 0 aromatic carbocycles. The fourth-order valence-electron chi connectivity index (χ4n) is 0.549. The molecule has 0 rings (SSSR count). The van der Waals surface area contributed by atoms with Crippen LogP contribution in [0.5, 0.6) is 0 Å². The molecule has 3 heteroatoms. The van der Waals surface area contributed by atoms with Crippen LogP contribution in [-0.4, -0.2) is 12.2 Å². The smallest absolute Gasteiger partial charge is 0.217 e. The van der Waals surface area contributed by atoms with Gasteiger partial charge in [-0.05, 0) is 12.7 Å². The summed E-state index contributed by atoms with van der Waals surface area (Å²) in [4.78, 5) is 10.1. The number of nitrogens with two attached hydrogens (primary N) is 1. The largest absolute Gasteiger partial charge is 0.370 e. The Hall–Kier alpha value is -0.180. The molecule has 0 saturated carbocycles. The standard InChI is InChI=1S/C6H13NO.C2H6.CH4S.H2/c1-2-3-4-5-6(7)8;2*1-2;/h2-5H2,1H3,(H2,7,8);1-2H3;2H,1H3;1H. The van der Waals surface area contributed by atoms with Gasteiger partial charge in [-0.25, -0.2) is 0 Å². The van der Waals surface area contributed by atoms with Gasteiger partial charge in [0.2, 0.25) is 5.91 Å². The topological polar surface area (TPSA) is 43.1 Å². The fourth-order valence-corrected chi connectivity index (χ4v) is 0.549. The lowest BCUT2D eigenvalue weighted by Gasteiger charge is -1.90. The number of hydrogen-bond acceptors (Lipinski definition) is 2. The van der Waals surface area contributed by atoms with E-state index in [4.69, 9.17) is 5.73 Å². The maximum atomic E-state index is 10.1. The normalized spacial score (nSPS) is 7.08. The molecule has 1 amide bonds. The van der Waals surface area contributed by atoms with E-state index in [1.54, 1.807) is 6.26 Å². The van der Waals surface area contributed by atoms with E-state index in [1.807, 2.05) is 13.8 Å². The molecule has 0 unspecified atom stereocenters. The predicted octanol–water partition coefficient (Wildman–Crippen LogP) is 2.87. The van der Waals surface area contributed by atoms with E-state index in [9.17, 15) is 4.79 Å². The van der Waals surface area contributed by atoms with E-state index in [2.05, 4.69) is 19.6 Å². The average Bonchev–Trinajstić information content (AvgIpc) is 2.12. The summed E-state index contributed by atoms with van der Waals surface area (Å²) in [6.45, 7) is 6.10. The van der Waals surface area contributed by atoms with Gasteiger partial charge in [0.1, 0.15) is 0 Å². The van der Waals surface area contributed by atoms with Crippen LogP contribution in [0.3, 0.4) is 0 Å². The number of hydrogen-bond donors (Lipinski definition) is 2. The second-order valence-corrected chi connectivity index (χ2v) is 1.92. The van der Waals surface area contributed by atoms with Crippen LogP contribution in [0, 0.1) is 0 Å². The van der Waals surface area contributed by atoms with Gasteiger partial charge in [0, 0.05) is 7.85 Å². The zero-order chi connectivity index (χ0) is 10.4. The van der Waals surface area contributed by atoms with E-state index < -0.39 is 0 Å². The van der Waals surface area contributed by atoms with Crippen molar-refractivity contribution in [1.82, 2.24) is 0 Å². The highest BCUT2D eigenvalue weighted by atomic mass is 32.1. The number of carbonyl (C=O) groups is 1. The van der Waals surface area contributed by atoms with Gasteiger partial charge in [0.05, 0.1) is 0 Å². The van der Waals surface area contributed by atoms with Crippen molar-refractivity contribution in [3.63, 3.8) is 0 Å². The highest BCUT2D eigenvalue weighted by Gasteiger charge is 1.90. The van der Waals surface area contributed by atoms with E-state index in [1.165, 1.54) is 0 Å². The van der Waals surface area contributed by atoms with Gasteiger partial charge in [-0.1, -0.05) is 33.6 Å². The van der Waals surface area contributed by atoms with Crippen LogP contribution in [0.15, 0.2) is 0 Å². The maximum absolute atomic E-state index is 10.1. The highest BCUT2D eigenvalue weighted by Crippen LogP contribution is 1.96. The molecule has 0 spiro atoms. The van der Waals surface area contributed by atoms with Crippen LogP contribution in [0.4, 0.5) is 0 Å². The molecule has 0 fully saturated rings. The first-order valence-corrected chi connectivity index (χ1v) is 5.40. The van der Waals surface area contributed by atoms with E-state index in [0.29, 0.717) is 6.42 Å². The molecule has 0 aromatic heterocycles. The van der Waals surface area contributed by atoms with Crippen molar-refractivity contribution >= 4 is 18.5 Å². The summed E-state index contributed by atoms with van der Waals surface area (Å²) >= 11 is 3.53. The van der Waals surface area contributed by atoms with Crippen molar-refractivity contribution in [1.29, 1.82) is 0 Å². The highest BCUT2D eigenvalue weighted by molar-refractivity contribution is 7.79. The number of carbonyl (C=O) groups excluding carboxylic acids is 1. The molecule has 12 heavy (non-hydrogen) atoms. The third-order valence-corrected chi connectivity index (χ3v) is 1.03. The number of thiol groups is 1. The minimum atomic E-state index is -0.182. The van der Waals surface area contributed by atoms with Crippen LogP contribution in [0.1, 0.15) is 47.9 Å². The Morgan fingerprint density at radius 1 is 1.33 bits per heavy atom. The first kappa shape index (κ1) is 17.8. The van der Waals surface area contributed by atoms with Crippen molar-refractivity contribution in [2.75, 3.05) is 6.26 Å². The predicted molar refractivity (Wildman–Crippen MR) is 61.7 cm³/mol. The molecule has 78 valence electrons. The van der Waals surface area contributed by atoms with Crippen molar-refractivity contribution in [2.24, 2.45) is 5.73 Å². The molecule has 0 aliphatic rings. The lowest BCUT2D eigenvalue weighted by atomic mass is 10.2. The minimum absolute atomic E-state index is 0. The molecule has 0 saturated heterocycles. The molecule has 0 radical (unpaired) electrons. The van der Waals surface area contributed by atoms with E-state index in [0.717, 1.165) is 19.3 Å². The van der Waals surface area contributed by atoms with Gasteiger partial charge in [0.25, 0.3) is 0 Å². The Morgan fingerprint density at radius 2 is 1.75 bits per heavy atom. The minimum Gasteiger partial charge on any atom is -0.370 e. The van der Waals surface area contributed by atoms with Gasteiger partial charge >= 0.3 is 0 Å². The van der Waals surface area contributed by atoms with Crippen molar-refractivity contribution in [2.45, 2.75) is 46.5 Å². The third kappa shape index (κ3) is 32.9. The van der Waals surface area contributed by atoms with E-state index >= 15 is 0 Å². The molecule has 0 aliphatic carbocycles. The van der Waals surface area contributed by atoms with Gasteiger partial charge in [-0.3, -0.25) is 4.79 Å². The zero-order valence-corrected chi connectivity index (χ0v) is 9.66. The summed E-state index contributed by atoms with van der Waals surface area (Å²) < 4.78 is 0. The first-order valence-electron chi connectivity index (χ1n) is 4.50. The quantitative estimate of drug-likeness (QED) is 0.526. The third-order valence-electron chi connectivity index (χ3n) is 1.03. The Kier molecular flexibility index (Phi) is 33.3. The van der Waals surface area contributed by atoms with Crippen molar-refractivity contribution in [3.8, 4) is 0 Å². The molecule has 0 heterocycles. The molecule has 0 bridgehead atoms. The SMILES string of the molecule is CC.CCCCCC(N)=O.CS.[HH]. The number of unbranched alkanes of at least 4 members (excludes halogenated alkanes) is 2. The Labute approximate surface area is 83.8 Å². The molecular formula is C9H25NOS. The van der Waals surface area contributed by atoms with Crippen LogP contribution in [0.25, 0.3) is 0 Å². The molecule has 0 aliphatic heterocycles. The van der Waals surface area contributed by atoms with Gasteiger partial charge < -0.3 is 5.73 Å². The van der Waals surface area contributed by atoms with Crippen molar-refractivity contribution in [3.05, 3.63) is 0 Å². The lowest BCUT2D eigenvalue weighted by Crippen LogP contribution is -2.09. The average molecular weight is 195 g/mol. The summed E-state index contributed by atoms with van der Waals surface area (Å²) in [6.07, 6.45) is 5.45. The number of amides is 1. The van der Waals surface area contributed by atoms with Crippen LogP contribution < -0.4 is 5.73 Å². The maximum Gasteiger partial charge on any atom is 0.217 e. The molecule has 0 atom stereocenters. The summed E-state index contributed by atoms with van der Waals surface area (Å²) in [7, 11) is 0. The first-order chi connectivity index (χ1) is 5.77. The lowest BCUT2D eigenvalue weighted by molar-refractivity contribution is -0.118. The van der Waals surface area contributed by atoms with Crippen LogP contribution >= 0.6 is 12.6 Å². The fraction of sp³-hybridized carbons (Fsp3) is 0.889. The Balaban J connectivity index is -0.0000000712. The van der Waals surface area contributed by atoms with Crippen molar-refractivity contribution < 1.29 is 6.22 Å². The summed E-state index contributed by atoms with van der Waals surface area (Å²) in [5.41, 5.74) is 4.89. The van der Waals surface area contributed by atoms with Crippen LogP contribution in [0.2, 0.25) is 0 Å². The molecule has 0 aromatic rings.